The van der Waals surface area contributed by atoms with Gasteiger partial charge in [-0.3, -0.25) is 4.79 Å². The van der Waals surface area contributed by atoms with Crippen molar-refractivity contribution >= 4 is 17.7 Å². The van der Waals surface area contributed by atoms with E-state index in [0.717, 1.165) is 17.7 Å². The number of hydrogen-bond acceptors (Lipinski definition) is 4. The Labute approximate surface area is 137 Å². The van der Waals surface area contributed by atoms with Crippen LogP contribution in [0.25, 0.3) is 0 Å². The molecule has 1 heterocycles. The van der Waals surface area contributed by atoms with E-state index in [4.69, 9.17) is 10.5 Å². The highest BCUT2D eigenvalue weighted by Gasteiger charge is 2.29. The molecule has 1 aliphatic rings. The van der Waals surface area contributed by atoms with Gasteiger partial charge in [0.1, 0.15) is 5.60 Å². The van der Waals surface area contributed by atoms with E-state index >= 15 is 0 Å². The summed E-state index contributed by atoms with van der Waals surface area (Å²) in [5.41, 5.74) is 6.56. The molecule has 1 aromatic rings. The molecule has 6 heteroatoms. The first-order valence-corrected chi connectivity index (χ1v) is 7.84. The predicted octanol–water partition coefficient (Wildman–Crippen LogP) is 2.14. The lowest BCUT2D eigenvalue weighted by Crippen LogP contribution is -2.36. The molecule has 0 spiro atoms. The van der Waals surface area contributed by atoms with Crippen LogP contribution in [-0.4, -0.2) is 41.6 Å². The van der Waals surface area contributed by atoms with Crippen molar-refractivity contribution in [1.29, 1.82) is 0 Å². The van der Waals surface area contributed by atoms with E-state index < -0.39 is 5.60 Å². The Morgan fingerprint density at radius 3 is 2.52 bits per heavy atom. The Kier molecular flexibility index (Phi) is 5.13. The Morgan fingerprint density at radius 2 is 1.96 bits per heavy atom. The van der Waals surface area contributed by atoms with Gasteiger partial charge in [-0.1, -0.05) is 12.1 Å². The highest BCUT2D eigenvalue weighted by atomic mass is 16.6. The molecule has 0 aromatic heterocycles. The molecule has 1 unspecified atom stereocenters. The van der Waals surface area contributed by atoms with Crippen molar-refractivity contribution in [3.05, 3.63) is 29.8 Å². The van der Waals surface area contributed by atoms with Crippen molar-refractivity contribution in [3.63, 3.8) is 0 Å². The summed E-state index contributed by atoms with van der Waals surface area (Å²) in [4.78, 5) is 24.7. The Balaban J connectivity index is 1.85. The molecule has 0 radical (unpaired) electrons. The molecule has 3 N–H and O–H groups in total. The van der Waals surface area contributed by atoms with E-state index in [1.54, 1.807) is 4.90 Å². The van der Waals surface area contributed by atoms with Gasteiger partial charge in [0.2, 0.25) is 5.91 Å². The second-order valence-electron chi connectivity index (χ2n) is 6.90. The minimum Gasteiger partial charge on any atom is -0.444 e. The molecule has 1 fully saturated rings. The number of rotatable bonds is 4. The van der Waals surface area contributed by atoms with Crippen LogP contribution in [-0.2, 0) is 16.0 Å². The first kappa shape index (κ1) is 17.1. The van der Waals surface area contributed by atoms with Gasteiger partial charge >= 0.3 is 6.09 Å². The maximum atomic E-state index is 12.0. The van der Waals surface area contributed by atoms with E-state index in [1.165, 1.54) is 0 Å². The highest BCUT2D eigenvalue weighted by molar-refractivity contribution is 5.76. The van der Waals surface area contributed by atoms with Gasteiger partial charge in [0, 0.05) is 24.8 Å². The van der Waals surface area contributed by atoms with Crippen LogP contribution in [0, 0.1) is 0 Å². The van der Waals surface area contributed by atoms with E-state index in [9.17, 15) is 9.59 Å². The number of primary amides is 1. The molecular weight excluding hydrogens is 294 g/mol. The van der Waals surface area contributed by atoms with Crippen molar-refractivity contribution in [2.75, 3.05) is 18.4 Å². The number of nitrogens with one attached hydrogen (secondary N) is 1. The summed E-state index contributed by atoms with van der Waals surface area (Å²) in [6.07, 6.45) is 0.858. The minimum atomic E-state index is -0.473. The fourth-order valence-corrected chi connectivity index (χ4v) is 2.53. The Hall–Kier alpha value is -2.24. The summed E-state index contributed by atoms with van der Waals surface area (Å²) in [7, 11) is 0. The van der Waals surface area contributed by atoms with E-state index in [2.05, 4.69) is 5.32 Å². The van der Waals surface area contributed by atoms with Gasteiger partial charge < -0.3 is 20.7 Å². The predicted molar refractivity (Wildman–Crippen MR) is 89.2 cm³/mol. The lowest BCUT2D eigenvalue weighted by atomic mass is 10.1. The highest BCUT2D eigenvalue weighted by Crippen LogP contribution is 2.19. The molecule has 1 aliphatic heterocycles. The number of carbonyl (C=O) groups excluding carboxylic acids is 2. The number of hydrogen-bond donors (Lipinski definition) is 2. The first-order valence-electron chi connectivity index (χ1n) is 7.84. The maximum Gasteiger partial charge on any atom is 0.410 e. The van der Waals surface area contributed by atoms with Gasteiger partial charge in [-0.05, 0) is 44.9 Å². The van der Waals surface area contributed by atoms with Crippen LogP contribution >= 0.6 is 0 Å². The van der Waals surface area contributed by atoms with Gasteiger partial charge in [0.15, 0.2) is 0 Å². The van der Waals surface area contributed by atoms with Crippen LogP contribution < -0.4 is 11.1 Å². The summed E-state index contributed by atoms with van der Waals surface area (Å²) < 4.78 is 5.39. The van der Waals surface area contributed by atoms with E-state index in [-0.39, 0.29) is 24.5 Å². The van der Waals surface area contributed by atoms with Crippen molar-refractivity contribution in [1.82, 2.24) is 4.90 Å². The zero-order valence-corrected chi connectivity index (χ0v) is 14.0. The zero-order chi connectivity index (χ0) is 17.0. The molecule has 0 aliphatic carbocycles. The molecule has 23 heavy (non-hydrogen) atoms. The third-order valence-corrected chi connectivity index (χ3v) is 3.54. The number of nitrogens with two attached hydrogens (primary N) is 1. The number of benzene rings is 1. The molecule has 1 aromatic carbocycles. The van der Waals surface area contributed by atoms with Crippen LogP contribution in [0.15, 0.2) is 24.3 Å². The zero-order valence-electron chi connectivity index (χ0n) is 14.0. The monoisotopic (exact) mass is 319 g/mol. The number of likely N-dealkylation sites (tertiary alicyclic amines) is 1. The lowest BCUT2D eigenvalue weighted by molar-refractivity contribution is -0.117. The smallest absolute Gasteiger partial charge is 0.410 e. The number of nitrogens with zero attached hydrogens (tertiary/aromatic N) is 1. The van der Waals surface area contributed by atoms with Gasteiger partial charge in [0.05, 0.1) is 6.42 Å². The standard InChI is InChI=1S/C17H25N3O3/c1-17(2,3)23-16(22)20-9-8-14(11-20)19-13-6-4-12(5-7-13)10-15(18)21/h4-7,14,19H,8-11H2,1-3H3,(H2,18,21). The second-order valence-corrected chi connectivity index (χ2v) is 6.90. The summed E-state index contributed by atoms with van der Waals surface area (Å²) >= 11 is 0. The molecule has 2 rings (SSSR count). The van der Waals surface area contributed by atoms with Crippen LogP contribution in [0.2, 0.25) is 0 Å². The van der Waals surface area contributed by atoms with Crippen molar-refractivity contribution in [2.45, 2.75) is 45.3 Å². The van der Waals surface area contributed by atoms with Gasteiger partial charge in [-0.25, -0.2) is 4.79 Å². The SMILES string of the molecule is CC(C)(C)OC(=O)N1CCC(Nc2ccc(CC(N)=O)cc2)C1. The second kappa shape index (κ2) is 6.89. The molecule has 1 atom stereocenters. The maximum absolute atomic E-state index is 12.0. The average molecular weight is 319 g/mol. The van der Waals surface area contributed by atoms with Crippen LogP contribution in [0.3, 0.4) is 0 Å². The number of amides is 2. The topological polar surface area (TPSA) is 84.7 Å². The number of anilines is 1. The number of carbonyl (C=O) groups is 2. The molecule has 0 bridgehead atoms. The lowest BCUT2D eigenvalue weighted by Gasteiger charge is -2.24. The van der Waals surface area contributed by atoms with Crippen LogP contribution in [0.4, 0.5) is 10.5 Å². The first-order chi connectivity index (χ1) is 10.7. The average Bonchev–Trinajstić information content (AvgIpc) is 2.87. The Bertz CT molecular complexity index is 563. The van der Waals surface area contributed by atoms with E-state index in [1.807, 2.05) is 45.0 Å². The third-order valence-electron chi connectivity index (χ3n) is 3.54. The number of ether oxygens (including phenoxy) is 1. The van der Waals surface area contributed by atoms with Gasteiger partial charge in [0.25, 0.3) is 0 Å². The summed E-state index contributed by atoms with van der Waals surface area (Å²) in [5.74, 6) is -0.338. The summed E-state index contributed by atoms with van der Waals surface area (Å²) in [5, 5.41) is 3.40. The fourth-order valence-electron chi connectivity index (χ4n) is 2.53. The molecular formula is C17H25N3O3. The molecule has 1 saturated heterocycles. The van der Waals surface area contributed by atoms with Crippen LogP contribution in [0.1, 0.15) is 32.8 Å². The largest absolute Gasteiger partial charge is 0.444 e. The van der Waals surface area contributed by atoms with E-state index in [0.29, 0.717) is 13.1 Å². The normalized spacial score (nSPS) is 17.9. The van der Waals surface area contributed by atoms with Gasteiger partial charge in [-0.15, -0.1) is 0 Å². The molecule has 0 saturated carbocycles. The quantitative estimate of drug-likeness (QED) is 0.890. The molecule has 2 amide bonds. The van der Waals surface area contributed by atoms with Gasteiger partial charge in [-0.2, -0.15) is 0 Å². The molecule has 126 valence electrons. The van der Waals surface area contributed by atoms with Crippen molar-refractivity contribution < 1.29 is 14.3 Å². The van der Waals surface area contributed by atoms with Crippen LogP contribution in [0.5, 0.6) is 0 Å². The summed E-state index contributed by atoms with van der Waals surface area (Å²) in [6.45, 7) is 6.91. The molecule has 6 nitrogen and oxygen atoms in total. The minimum absolute atomic E-state index is 0.199. The van der Waals surface area contributed by atoms with Crippen molar-refractivity contribution in [3.8, 4) is 0 Å². The third kappa shape index (κ3) is 5.47. The Morgan fingerprint density at radius 1 is 1.30 bits per heavy atom. The fraction of sp³-hybridized carbons (Fsp3) is 0.529. The van der Waals surface area contributed by atoms with Crippen molar-refractivity contribution in [2.24, 2.45) is 5.73 Å². The summed E-state index contributed by atoms with van der Waals surface area (Å²) in [6, 6.07) is 7.81.